The van der Waals surface area contributed by atoms with E-state index in [1.54, 1.807) is 0 Å². The summed E-state index contributed by atoms with van der Waals surface area (Å²) in [6, 6.07) is 8.37. The van der Waals surface area contributed by atoms with Gasteiger partial charge in [0.2, 0.25) is 0 Å². The van der Waals surface area contributed by atoms with Gasteiger partial charge in [-0.2, -0.15) is 0 Å². The quantitative estimate of drug-likeness (QED) is 0.702. The molecule has 0 heterocycles. The summed E-state index contributed by atoms with van der Waals surface area (Å²) in [5.74, 6) is 1.17. The van der Waals surface area contributed by atoms with Gasteiger partial charge in [0.25, 0.3) is 0 Å². The van der Waals surface area contributed by atoms with Crippen LogP contribution in [0.1, 0.15) is 17.2 Å². The SMILES string of the molecule is C=Cc1ccccc1C(CCl)N(C)CCCl. The van der Waals surface area contributed by atoms with E-state index in [0.29, 0.717) is 11.8 Å². The molecule has 0 aromatic heterocycles. The van der Waals surface area contributed by atoms with Crippen LogP contribution in [0.5, 0.6) is 0 Å². The molecule has 1 unspecified atom stereocenters. The molecule has 0 N–H and O–H groups in total. The number of halogens is 2. The molecular formula is C13H17Cl2N. The van der Waals surface area contributed by atoms with E-state index in [9.17, 15) is 0 Å². The highest BCUT2D eigenvalue weighted by Gasteiger charge is 2.17. The minimum Gasteiger partial charge on any atom is -0.297 e. The summed E-state index contributed by atoms with van der Waals surface area (Å²) < 4.78 is 0. The standard InChI is InChI=1S/C13H17Cl2N/c1-3-11-6-4-5-7-12(11)13(10-15)16(2)9-8-14/h3-7,13H,1,8-10H2,2H3. The number of rotatable bonds is 6. The lowest BCUT2D eigenvalue weighted by Crippen LogP contribution is -2.28. The third kappa shape index (κ3) is 3.24. The van der Waals surface area contributed by atoms with Crippen molar-refractivity contribution in [2.75, 3.05) is 25.4 Å². The fraction of sp³-hybridized carbons (Fsp3) is 0.385. The van der Waals surface area contributed by atoms with E-state index in [4.69, 9.17) is 23.2 Å². The van der Waals surface area contributed by atoms with Gasteiger partial charge in [-0.1, -0.05) is 36.9 Å². The van der Waals surface area contributed by atoms with Gasteiger partial charge in [-0.25, -0.2) is 0 Å². The van der Waals surface area contributed by atoms with E-state index < -0.39 is 0 Å². The van der Waals surface area contributed by atoms with E-state index >= 15 is 0 Å². The Balaban J connectivity index is 2.98. The van der Waals surface area contributed by atoms with E-state index in [-0.39, 0.29) is 6.04 Å². The molecule has 0 saturated carbocycles. The second kappa shape index (κ2) is 6.95. The van der Waals surface area contributed by atoms with E-state index in [1.807, 2.05) is 25.3 Å². The molecule has 16 heavy (non-hydrogen) atoms. The highest BCUT2D eigenvalue weighted by Crippen LogP contribution is 2.25. The molecule has 1 aromatic rings. The Morgan fingerprint density at radius 3 is 2.62 bits per heavy atom. The smallest absolute Gasteiger partial charge is 0.0486 e. The largest absolute Gasteiger partial charge is 0.297 e. The second-order valence-corrected chi connectivity index (χ2v) is 4.36. The van der Waals surface area contributed by atoms with Crippen molar-refractivity contribution in [3.8, 4) is 0 Å². The molecule has 88 valence electrons. The topological polar surface area (TPSA) is 3.24 Å². The van der Waals surface area contributed by atoms with Crippen LogP contribution in [0.25, 0.3) is 6.08 Å². The number of hydrogen-bond acceptors (Lipinski definition) is 1. The van der Waals surface area contributed by atoms with Crippen LogP contribution in [0.4, 0.5) is 0 Å². The minimum atomic E-state index is 0.189. The fourth-order valence-corrected chi connectivity index (χ4v) is 2.40. The fourth-order valence-electron chi connectivity index (χ4n) is 1.73. The summed E-state index contributed by atoms with van der Waals surface area (Å²) in [4.78, 5) is 2.17. The van der Waals surface area contributed by atoms with Crippen molar-refractivity contribution in [2.24, 2.45) is 0 Å². The lowest BCUT2D eigenvalue weighted by Gasteiger charge is -2.27. The van der Waals surface area contributed by atoms with Crippen LogP contribution in [0, 0.1) is 0 Å². The van der Waals surface area contributed by atoms with Crippen molar-refractivity contribution in [3.63, 3.8) is 0 Å². The van der Waals surface area contributed by atoms with Crippen LogP contribution in [0.15, 0.2) is 30.8 Å². The molecular weight excluding hydrogens is 241 g/mol. The Kier molecular flexibility index (Phi) is 5.89. The van der Waals surface area contributed by atoms with Gasteiger partial charge in [-0.05, 0) is 18.2 Å². The molecule has 3 heteroatoms. The Morgan fingerprint density at radius 2 is 2.06 bits per heavy atom. The summed E-state index contributed by atoms with van der Waals surface area (Å²) in [6.45, 7) is 4.65. The molecule has 0 saturated heterocycles. The van der Waals surface area contributed by atoms with E-state index in [1.165, 1.54) is 5.56 Å². The van der Waals surface area contributed by atoms with Crippen molar-refractivity contribution in [1.82, 2.24) is 4.90 Å². The zero-order valence-corrected chi connectivity index (χ0v) is 11.0. The summed E-state index contributed by atoms with van der Waals surface area (Å²) >= 11 is 11.8. The maximum Gasteiger partial charge on any atom is 0.0486 e. The predicted molar refractivity (Wildman–Crippen MR) is 73.3 cm³/mol. The highest BCUT2D eigenvalue weighted by molar-refractivity contribution is 6.18. The summed E-state index contributed by atoms with van der Waals surface area (Å²) in [5, 5.41) is 0. The molecule has 0 aliphatic heterocycles. The molecule has 0 bridgehead atoms. The van der Waals surface area contributed by atoms with Gasteiger partial charge in [0.1, 0.15) is 0 Å². The van der Waals surface area contributed by atoms with Crippen LogP contribution in [0.2, 0.25) is 0 Å². The molecule has 1 atom stereocenters. The summed E-state index contributed by atoms with van der Waals surface area (Å²) in [7, 11) is 2.04. The summed E-state index contributed by atoms with van der Waals surface area (Å²) in [6.07, 6.45) is 1.86. The lowest BCUT2D eigenvalue weighted by molar-refractivity contribution is 0.280. The van der Waals surface area contributed by atoms with Crippen LogP contribution in [0.3, 0.4) is 0 Å². The van der Waals surface area contributed by atoms with Crippen molar-refractivity contribution >= 4 is 29.3 Å². The van der Waals surface area contributed by atoms with Gasteiger partial charge in [-0.15, -0.1) is 23.2 Å². The Morgan fingerprint density at radius 1 is 1.38 bits per heavy atom. The molecule has 0 aliphatic rings. The van der Waals surface area contributed by atoms with Crippen molar-refractivity contribution in [3.05, 3.63) is 42.0 Å². The van der Waals surface area contributed by atoms with Crippen LogP contribution < -0.4 is 0 Å². The van der Waals surface area contributed by atoms with Gasteiger partial charge < -0.3 is 0 Å². The van der Waals surface area contributed by atoms with Crippen LogP contribution >= 0.6 is 23.2 Å². The zero-order valence-electron chi connectivity index (χ0n) is 9.50. The maximum absolute atomic E-state index is 6.04. The third-order valence-corrected chi connectivity index (χ3v) is 3.15. The van der Waals surface area contributed by atoms with Gasteiger partial charge >= 0.3 is 0 Å². The Labute approximate surface area is 108 Å². The second-order valence-electron chi connectivity index (χ2n) is 3.67. The lowest BCUT2D eigenvalue weighted by atomic mass is 10.0. The number of hydrogen-bond donors (Lipinski definition) is 0. The van der Waals surface area contributed by atoms with Crippen LogP contribution in [-0.4, -0.2) is 30.3 Å². The first-order valence-electron chi connectivity index (χ1n) is 5.28. The van der Waals surface area contributed by atoms with Gasteiger partial charge in [0.05, 0.1) is 0 Å². The molecule has 0 fully saturated rings. The predicted octanol–water partition coefficient (Wildman–Crippen LogP) is 3.78. The number of benzene rings is 1. The van der Waals surface area contributed by atoms with E-state index in [2.05, 4.69) is 23.6 Å². The average molecular weight is 258 g/mol. The maximum atomic E-state index is 6.04. The molecule has 1 aromatic carbocycles. The molecule has 0 radical (unpaired) electrons. The normalized spacial score (nSPS) is 12.8. The van der Waals surface area contributed by atoms with Crippen molar-refractivity contribution in [2.45, 2.75) is 6.04 Å². The number of nitrogens with zero attached hydrogens (tertiary/aromatic N) is 1. The molecule has 0 amide bonds. The van der Waals surface area contributed by atoms with Gasteiger partial charge in [-0.3, -0.25) is 4.90 Å². The summed E-state index contributed by atoms with van der Waals surface area (Å²) in [5.41, 5.74) is 2.34. The van der Waals surface area contributed by atoms with Gasteiger partial charge in [0, 0.05) is 24.3 Å². The van der Waals surface area contributed by atoms with Crippen molar-refractivity contribution < 1.29 is 0 Å². The third-order valence-electron chi connectivity index (χ3n) is 2.69. The van der Waals surface area contributed by atoms with E-state index in [0.717, 1.165) is 12.1 Å². The van der Waals surface area contributed by atoms with Gasteiger partial charge in [0.15, 0.2) is 0 Å². The Bertz CT molecular complexity index is 338. The first kappa shape index (κ1) is 13.6. The first-order chi connectivity index (χ1) is 7.74. The average Bonchev–Trinajstić information content (AvgIpc) is 2.31. The number of alkyl halides is 2. The molecule has 1 rings (SSSR count). The van der Waals surface area contributed by atoms with Crippen molar-refractivity contribution in [1.29, 1.82) is 0 Å². The molecule has 0 aliphatic carbocycles. The Hall–Kier alpha value is -0.500. The van der Waals surface area contributed by atoms with Crippen LogP contribution in [-0.2, 0) is 0 Å². The molecule has 0 spiro atoms. The zero-order chi connectivity index (χ0) is 12.0. The monoisotopic (exact) mass is 257 g/mol. The molecule has 1 nitrogen and oxygen atoms in total. The first-order valence-corrected chi connectivity index (χ1v) is 6.35. The highest BCUT2D eigenvalue weighted by atomic mass is 35.5. The minimum absolute atomic E-state index is 0.189.